The summed E-state index contributed by atoms with van der Waals surface area (Å²) in [5.41, 5.74) is 1.33. The summed E-state index contributed by atoms with van der Waals surface area (Å²) in [6, 6.07) is 9.79. The molecule has 1 N–H and O–H groups in total. The van der Waals surface area contributed by atoms with E-state index in [1.165, 1.54) is 12.7 Å². The van der Waals surface area contributed by atoms with Crippen LogP contribution in [0.5, 0.6) is 0 Å². The number of esters is 1. The molecule has 122 valence electrons. The first kappa shape index (κ1) is 18.2. The molecule has 0 radical (unpaired) electrons. The van der Waals surface area contributed by atoms with E-state index in [9.17, 15) is 9.59 Å². The number of ether oxygens (including phenoxy) is 1. The Morgan fingerprint density at radius 3 is 2.36 bits per heavy atom. The first-order valence-corrected chi connectivity index (χ1v) is 7.95. The normalized spacial score (nSPS) is 12.0. The van der Waals surface area contributed by atoms with E-state index < -0.39 is 6.04 Å². The summed E-state index contributed by atoms with van der Waals surface area (Å²) in [7, 11) is 1.34. The molecular weight excluding hydrogens is 278 g/mol. The minimum Gasteiger partial charge on any atom is -0.467 e. The lowest BCUT2D eigenvalue weighted by Crippen LogP contribution is -2.44. The quantitative estimate of drug-likeness (QED) is 0.563. The van der Waals surface area contributed by atoms with Gasteiger partial charge in [-0.3, -0.25) is 4.79 Å². The van der Waals surface area contributed by atoms with E-state index in [4.69, 9.17) is 4.74 Å². The fourth-order valence-electron chi connectivity index (χ4n) is 2.31. The highest BCUT2D eigenvalue weighted by Crippen LogP contribution is 2.09. The number of unbranched alkanes of at least 4 members (excludes halogenated alkanes) is 2. The van der Waals surface area contributed by atoms with Crippen LogP contribution in [0, 0.1) is 5.92 Å². The van der Waals surface area contributed by atoms with Crippen molar-refractivity contribution in [3.05, 3.63) is 35.9 Å². The van der Waals surface area contributed by atoms with Crippen LogP contribution in [-0.4, -0.2) is 25.0 Å². The van der Waals surface area contributed by atoms with Crippen LogP contribution in [-0.2, 0) is 20.7 Å². The second kappa shape index (κ2) is 9.98. The Morgan fingerprint density at radius 2 is 1.77 bits per heavy atom. The Bertz CT molecular complexity index is 457. The zero-order chi connectivity index (χ0) is 16.4. The smallest absolute Gasteiger partial charge is 0.328 e. The molecule has 0 bridgehead atoms. The molecule has 1 atom stereocenters. The SMILES string of the molecule is COC(=O)[C@@H](NC(=O)CCCCCc1ccccc1)C(C)C. The van der Waals surface area contributed by atoms with Crippen molar-refractivity contribution in [1.82, 2.24) is 5.32 Å². The molecule has 0 fully saturated rings. The van der Waals surface area contributed by atoms with Crippen LogP contribution in [0.15, 0.2) is 30.3 Å². The van der Waals surface area contributed by atoms with Crippen LogP contribution in [0.2, 0.25) is 0 Å². The topological polar surface area (TPSA) is 55.4 Å². The molecule has 0 saturated heterocycles. The van der Waals surface area contributed by atoms with E-state index in [-0.39, 0.29) is 17.8 Å². The van der Waals surface area contributed by atoms with Crippen molar-refractivity contribution in [3.8, 4) is 0 Å². The number of carbonyl (C=O) groups excluding carboxylic acids is 2. The number of amides is 1. The van der Waals surface area contributed by atoms with Gasteiger partial charge in [-0.25, -0.2) is 4.79 Å². The van der Waals surface area contributed by atoms with Crippen molar-refractivity contribution in [3.63, 3.8) is 0 Å². The summed E-state index contributed by atoms with van der Waals surface area (Å²) in [4.78, 5) is 23.5. The third-order valence-electron chi connectivity index (χ3n) is 3.65. The second-order valence-electron chi connectivity index (χ2n) is 5.86. The number of methoxy groups -OCH3 is 1. The van der Waals surface area contributed by atoms with Crippen LogP contribution < -0.4 is 5.32 Å². The number of aryl methyl sites for hydroxylation is 1. The number of benzene rings is 1. The minimum atomic E-state index is -0.554. The molecule has 0 spiro atoms. The highest BCUT2D eigenvalue weighted by molar-refractivity contribution is 5.84. The summed E-state index contributed by atoms with van der Waals surface area (Å²) in [6.07, 6.45) is 4.41. The molecular formula is C18H27NO3. The molecule has 0 aliphatic carbocycles. The number of hydrogen-bond donors (Lipinski definition) is 1. The van der Waals surface area contributed by atoms with Crippen LogP contribution in [0.4, 0.5) is 0 Å². The zero-order valence-corrected chi connectivity index (χ0v) is 13.8. The molecule has 0 aliphatic rings. The van der Waals surface area contributed by atoms with Crippen LogP contribution in [0.25, 0.3) is 0 Å². The van der Waals surface area contributed by atoms with E-state index in [0.717, 1.165) is 25.7 Å². The molecule has 0 aromatic heterocycles. The van der Waals surface area contributed by atoms with Gasteiger partial charge in [0.05, 0.1) is 7.11 Å². The van der Waals surface area contributed by atoms with Gasteiger partial charge in [0, 0.05) is 6.42 Å². The molecule has 0 heterocycles. The predicted molar refractivity (Wildman–Crippen MR) is 87.4 cm³/mol. The highest BCUT2D eigenvalue weighted by Gasteiger charge is 2.24. The van der Waals surface area contributed by atoms with Crippen molar-refractivity contribution in [2.24, 2.45) is 5.92 Å². The van der Waals surface area contributed by atoms with Gasteiger partial charge in [0.25, 0.3) is 0 Å². The van der Waals surface area contributed by atoms with Gasteiger partial charge in [0.2, 0.25) is 5.91 Å². The molecule has 1 aromatic carbocycles. The third-order valence-corrected chi connectivity index (χ3v) is 3.65. The van der Waals surface area contributed by atoms with Crippen LogP contribution >= 0.6 is 0 Å². The molecule has 1 aromatic rings. The summed E-state index contributed by atoms with van der Waals surface area (Å²) < 4.78 is 4.71. The predicted octanol–water partition coefficient (Wildman–Crippen LogP) is 3.10. The minimum absolute atomic E-state index is 0.0227. The van der Waals surface area contributed by atoms with Crippen LogP contribution in [0.1, 0.15) is 45.1 Å². The number of rotatable bonds is 9. The average Bonchev–Trinajstić information content (AvgIpc) is 2.52. The molecule has 1 amide bonds. The Kier molecular flexibility index (Phi) is 8.26. The van der Waals surface area contributed by atoms with Gasteiger partial charge in [-0.05, 0) is 30.7 Å². The summed E-state index contributed by atoms with van der Waals surface area (Å²) in [6.45, 7) is 3.78. The van der Waals surface area contributed by atoms with E-state index in [2.05, 4.69) is 17.4 Å². The third kappa shape index (κ3) is 6.74. The molecule has 0 saturated carbocycles. The van der Waals surface area contributed by atoms with E-state index in [1.54, 1.807) is 0 Å². The summed E-state index contributed by atoms with van der Waals surface area (Å²) in [5, 5.41) is 2.76. The van der Waals surface area contributed by atoms with Crippen molar-refractivity contribution in [1.29, 1.82) is 0 Å². The molecule has 4 heteroatoms. The lowest BCUT2D eigenvalue weighted by Gasteiger charge is -2.19. The van der Waals surface area contributed by atoms with Gasteiger partial charge in [-0.1, -0.05) is 50.6 Å². The summed E-state index contributed by atoms with van der Waals surface area (Å²) in [5.74, 6) is -0.439. The van der Waals surface area contributed by atoms with Crippen molar-refractivity contribution >= 4 is 11.9 Å². The Labute approximate surface area is 133 Å². The first-order valence-electron chi connectivity index (χ1n) is 7.95. The van der Waals surface area contributed by atoms with Gasteiger partial charge in [0.15, 0.2) is 0 Å². The van der Waals surface area contributed by atoms with Crippen molar-refractivity contribution in [2.45, 2.75) is 52.0 Å². The second-order valence-corrected chi connectivity index (χ2v) is 5.86. The summed E-state index contributed by atoms with van der Waals surface area (Å²) >= 11 is 0. The van der Waals surface area contributed by atoms with E-state index >= 15 is 0 Å². The van der Waals surface area contributed by atoms with E-state index in [0.29, 0.717) is 6.42 Å². The lowest BCUT2D eigenvalue weighted by atomic mass is 10.0. The molecule has 0 unspecified atom stereocenters. The Hall–Kier alpha value is -1.84. The lowest BCUT2D eigenvalue weighted by molar-refractivity contribution is -0.146. The molecule has 22 heavy (non-hydrogen) atoms. The largest absolute Gasteiger partial charge is 0.467 e. The number of hydrogen-bond acceptors (Lipinski definition) is 3. The zero-order valence-electron chi connectivity index (χ0n) is 13.8. The maximum Gasteiger partial charge on any atom is 0.328 e. The maximum atomic E-state index is 11.9. The first-order chi connectivity index (χ1) is 10.5. The van der Waals surface area contributed by atoms with Gasteiger partial charge >= 0.3 is 5.97 Å². The fraction of sp³-hybridized carbons (Fsp3) is 0.556. The van der Waals surface area contributed by atoms with E-state index in [1.807, 2.05) is 32.0 Å². The van der Waals surface area contributed by atoms with Gasteiger partial charge < -0.3 is 10.1 Å². The van der Waals surface area contributed by atoms with Gasteiger partial charge in [0.1, 0.15) is 6.04 Å². The Balaban J connectivity index is 2.21. The standard InChI is InChI=1S/C18H27NO3/c1-14(2)17(18(21)22-3)19-16(20)13-9-5-8-12-15-10-6-4-7-11-15/h4,6-7,10-11,14,17H,5,8-9,12-13H2,1-3H3,(H,19,20)/t17-/m0/s1. The van der Waals surface area contributed by atoms with Gasteiger partial charge in [-0.15, -0.1) is 0 Å². The van der Waals surface area contributed by atoms with Crippen LogP contribution in [0.3, 0.4) is 0 Å². The number of nitrogens with one attached hydrogen (secondary N) is 1. The monoisotopic (exact) mass is 305 g/mol. The van der Waals surface area contributed by atoms with Crippen molar-refractivity contribution < 1.29 is 14.3 Å². The highest BCUT2D eigenvalue weighted by atomic mass is 16.5. The fourth-order valence-corrected chi connectivity index (χ4v) is 2.31. The molecule has 1 rings (SSSR count). The van der Waals surface area contributed by atoms with Crippen molar-refractivity contribution in [2.75, 3.05) is 7.11 Å². The Morgan fingerprint density at radius 1 is 1.09 bits per heavy atom. The molecule has 0 aliphatic heterocycles. The average molecular weight is 305 g/mol. The maximum absolute atomic E-state index is 11.9. The molecule has 4 nitrogen and oxygen atoms in total. The van der Waals surface area contributed by atoms with Gasteiger partial charge in [-0.2, -0.15) is 0 Å². The number of carbonyl (C=O) groups is 2.